The molecule has 4 heteroatoms. The highest BCUT2D eigenvalue weighted by atomic mass is 79.9. The van der Waals surface area contributed by atoms with Gasteiger partial charge in [0.2, 0.25) is 0 Å². The Labute approximate surface area is 114 Å². The minimum Gasteiger partial charge on any atom is -0.233 e. The van der Waals surface area contributed by atoms with Gasteiger partial charge in [0, 0.05) is 22.0 Å². The third-order valence-corrected chi connectivity index (χ3v) is 3.46. The Morgan fingerprint density at radius 1 is 1.18 bits per heavy atom. The highest BCUT2D eigenvalue weighted by molar-refractivity contribution is 9.10. The molecular weight excluding hydrogens is 300 g/mol. The zero-order chi connectivity index (χ0) is 12.4. The average molecular weight is 312 g/mol. The van der Waals surface area contributed by atoms with Gasteiger partial charge in [0.25, 0.3) is 0 Å². The molecule has 0 fully saturated rings. The molecule has 2 aromatic rings. The van der Waals surface area contributed by atoms with Crippen molar-refractivity contribution in [2.75, 3.05) is 0 Å². The van der Waals surface area contributed by atoms with Crippen molar-refractivity contribution in [2.24, 2.45) is 0 Å². The zero-order valence-electron chi connectivity index (χ0n) is 9.67. The largest absolute Gasteiger partial charge is 0.233 e. The molecule has 88 valence electrons. The van der Waals surface area contributed by atoms with Crippen LogP contribution in [0.1, 0.15) is 18.3 Å². The summed E-state index contributed by atoms with van der Waals surface area (Å²) in [6.07, 6.45) is 0.781. The molecule has 0 spiro atoms. The van der Waals surface area contributed by atoms with E-state index in [-0.39, 0.29) is 0 Å². The number of aryl methyl sites for hydroxylation is 1. The molecule has 1 aromatic heterocycles. The van der Waals surface area contributed by atoms with Gasteiger partial charge in [-0.05, 0) is 19.1 Å². The van der Waals surface area contributed by atoms with E-state index in [0.717, 1.165) is 33.5 Å². The smallest absolute Gasteiger partial charge is 0.136 e. The molecule has 0 N–H and O–H groups in total. The number of benzene rings is 1. The molecule has 0 bridgehead atoms. The van der Waals surface area contributed by atoms with Crippen LogP contribution in [-0.2, 0) is 6.42 Å². The number of rotatable bonds is 2. The lowest BCUT2D eigenvalue weighted by Crippen LogP contribution is -1.99. The van der Waals surface area contributed by atoms with Crippen molar-refractivity contribution < 1.29 is 0 Å². The predicted octanol–water partition coefficient (Wildman–Crippen LogP) is 4.43. The quantitative estimate of drug-likeness (QED) is 0.767. The molecule has 0 radical (unpaired) electrons. The first-order valence-corrected chi connectivity index (χ1v) is 6.58. The van der Waals surface area contributed by atoms with Crippen LogP contribution in [0.5, 0.6) is 0 Å². The van der Waals surface area contributed by atoms with Gasteiger partial charge >= 0.3 is 0 Å². The van der Waals surface area contributed by atoms with E-state index >= 15 is 0 Å². The Morgan fingerprint density at radius 3 is 2.41 bits per heavy atom. The van der Waals surface area contributed by atoms with Crippen LogP contribution in [0.4, 0.5) is 0 Å². The Balaban J connectivity index is 2.57. The molecule has 0 unspecified atom stereocenters. The van der Waals surface area contributed by atoms with Gasteiger partial charge in [0.1, 0.15) is 11.0 Å². The fourth-order valence-corrected chi connectivity index (χ4v) is 2.03. The molecule has 17 heavy (non-hydrogen) atoms. The number of hydrogen-bond donors (Lipinski definition) is 0. The van der Waals surface area contributed by atoms with Crippen molar-refractivity contribution in [1.82, 2.24) is 9.97 Å². The van der Waals surface area contributed by atoms with Crippen LogP contribution in [0, 0.1) is 6.92 Å². The van der Waals surface area contributed by atoms with Crippen molar-refractivity contribution >= 4 is 27.5 Å². The second kappa shape index (κ2) is 5.15. The summed E-state index contributed by atoms with van der Waals surface area (Å²) < 4.78 is 1.05. The van der Waals surface area contributed by atoms with Gasteiger partial charge in [-0.2, -0.15) is 0 Å². The van der Waals surface area contributed by atoms with Gasteiger partial charge in [-0.25, -0.2) is 9.97 Å². The normalized spacial score (nSPS) is 10.6. The Hall–Kier alpha value is -0.930. The molecule has 0 aliphatic rings. The molecule has 1 heterocycles. The molecule has 0 amide bonds. The molecule has 2 rings (SSSR count). The van der Waals surface area contributed by atoms with Crippen molar-refractivity contribution in [3.05, 3.63) is 45.3 Å². The molecule has 2 nitrogen and oxygen atoms in total. The summed E-state index contributed by atoms with van der Waals surface area (Å²) in [5.74, 6) is 0.776. The summed E-state index contributed by atoms with van der Waals surface area (Å²) in [5, 5.41) is 0.537. The van der Waals surface area contributed by atoms with Crippen LogP contribution in [0.3, 0.4) is 0 Å². The van der Waals surface area contributed by atoms with E-state index in [2.05, 4.69) is 25.9 Å². The van der Waals surface area contributed by atoms with Crippen LogP contribution in [-0.4, -0.2) is 9.97 Å². The third-order valence-electron chi connectivity index (χ3n) is 2.57. The zero-order valence-corrected chi connectivity index (χ0v) is 12.0. The lowest BCUT2D eigenvalue weighted by Gasteiger charge is -2.08. The summed E-state index contributed by atoms with van der Waals surface area (Å²) in [7, 11) is 0. The van der Waals surface area contributed by atoms with Crippen LogP contribution >= 0.6 is 27.5 Å². The van der Waals surface area contributed by atoms with E-state index in [0.29, 0.717) is 5.15 Å². The van der Waals surface area contributed by atoms with Crippen molar-refractivity contribution in [1.29, 1.82) is 0 Å². The number of aromatic nitrogens is 2. The minimum atomic E-state index is 0.537. The molecule has 0 aliphatic carbocycles. The fraction of sp³-hybridized carbons (Fsp3) is 0.231. The van der Waals surface area contributed by atoms with E-state index in [1.165, 1.54) is 0 Å². The van der Waals surface area contributed by atoms with E-state index < -0.39 is 0 Å². The van der Waals surface area contributed by atoms with Gasteiger partial charge in [0.15, 0.2) is 0 Å². The summed E-state index contributed by atoms with van der Waals surface area (Å²) in [4.78, 5) is 8.78. The Morgan fingerprint density at radius 2 is 1.82 bits per heavy atom. The standard InChI is InChI=1S/C13H12BrClN2/c1-3-11-16-12(8(2)13(15)17-11)9-4-6-10(14)7-5-9/h4-7H,3H2,1-2H3. The maximum atomic E-state index is 6.12. The van der Waals surface area contributed by atoms with Gasteiger partial charge in [-0.1, -0.05) is 46.6 Å². The number of halogens is 2. The Kier molecular flexibility index (Phi) is 3.79. The third kappa shape index (κ3) is 2.67. The minimum absolute atomic E-state index is 0.537. The monoisotopic (exact) mass is 310 g/mol. The lowest BCUT2D eigenvalue weighted by atomic mass is 10.1. The van der Waals surface area contributed by atoms with Gasteiger partial charge in [0.05, 0.1) is 5.69 Å². The van der Waals surface area contributed by atoms with Crippen molar-refractivity contribution in [3.63, 3.8) is 0 Å². The molecule has 0 saturated heterocycles. The second-order valence-corrected chi connectivity index (χ2v) is 5.04. The van der Waals surface area contributed by atoms with Gasteiger partial charge < -0.3 is 0 Å². The first-order chi connectivity index (χ1) is 8.11. The SMILES string of the molecule is CCc1nc(Cl)c(C)c(-c2ccc(Br)cc2)n1. The van der Waals surface area contributed by atoms with E-state index in [1.807, 2.05) is 38.1 Å². The first-order valence-electron chi connectivity index (χ1n) is 5.40. The van der Waals surface area contributed by atoms with Gasteiger partial charge in [-0.15, -0.1) is 0 Å². The highest BCUT2D eigenvalue weighted by Crippen LogP contribution is 2.26. The summed E-state index contributed by atoms with van der Waals surface area (Å²) >= 11 is 9.54. The first kappa shape index (κ1) is 12.5. The van der Waals surface area contributed by atoms with E-state index in [4.69, 9.17) is 11.6 Å². The molecule has 1 aromatic carbocycles. The van der Waals surface area contributed by atoms with Crippen LogP contribution in [0.25, 0.3) is 11.3 Å². The molecule has 0 aliphatic heterocycles. The maximum absolute atomic E-state index is 6.12. The highest BCUT2D eigenvalue weighted by Gasteiger charge is 2.10. The fourth-order valence-electron chi connectivity index (χ4n) is 1.58. The van der Waals surface area contributed by atoms with E-state index in [1.54, 1.807) is 0 Å². The van der Waals surface area contributed by atoms with Gasteiger partial charge in [-0.3, -0.25) is 0 Å². The molecule has 0 saturated carbocycles. The number of hydrogen-bond acceptors (Lipinski definition) is 2. The summed E-state index contributed by atoms with van der Waals surface area (Å²) in [6.45, 7) is 3.96. The average Bonchev–Trinajstić information content (AvgIpc) is 2.34. The molecular formula is C13H12BrClN2. The predicted molar refractivity (Wildman–Crippen MR) is 74.3 cm³/mol. The Bertz CT molecular complexity index is 538. The van der Waals surface area contributed by atoms with Crippen LogP contribution in [0.2, 0.25) is 5.15 Å². The maximum Gasteiger partial charge on any atom is 0.136 e. The number of nitrogens with zero attached hydrogens (tertiary/aromatic N) is 2. The summed E-state index contributed by atoms with van der Waals surface area (Å²) in [5.41, 5.74) is 2.89. The van der Waals surface area contributed by atoms with Crippen LogP contribution in [0.15, 0.2) is 28.7 Å². The van der Waals surface area contributed by atoms with Crippen molar-refractivity contribution in [2.45, 2.75) is 20.3 Å². The molecule has 0 atom stereocenters. The summed E-state index contributed by atoms with van der Waals surface area (Å²) in [6, 6.07) is 8.04. The second-order valence-electron chi connectivity index (χ2n) is 3.76. The van der Waals surface area contributed by atoms with Crippen LogP contribution < -0.4 is 0 Å². The lowest BCUT2D eigenvalue weighted by molar-refractivity contribution is 0.934. The topological polar surface area (TPSA) is 25.8 Å². The van der Waals surface area contributed by atoms with Crippen molar-refractivity contribution in [3.8, 4) is 11.3 Å². The van der Waals surface area contributed by atoms with E-state index in [9.17, 15) is 0 Å².